The van der Waals surface area contributed by atoms with Crippen LogP contribution in [0.5, 0.6) is 0 Å². The smallest absolute Gasteiger partial charge is 0.191 e. The van der Waals surface area contributed by atoms with Crippen molar-refractivity contribution in [1.82, 2.24) is 15.6 Å². The molecule has 0 aliphatic carbocycles. The SMILES string of the molecule is CCNC(=NCc1ccc2ccccc2c1)NCCc1ccccn1. The summed E-state index contributed by atoms with van der Waals surface area (Å²) in [6.45, 7) is 4.38. The summed E-state index contributed by atoms with van der Waals surface area (Å²) in [5, 5.41) is 9.18. The van der Waals surface area contributed by atoms with Gasteiger partial charge in [-0.05, 0) is 41.5 Å². The topological polar surface area (TPSA) is 49.3 Å². The fourth-order valence-electron chi connectivity index (χ4n) is 2.70. The van der Waals surface area contributed by atoms with Crippen molar-refractivity contribution >= 4 is 16.7 Å². The van der Waals surface area contributed by atoms with Gasteiger partial charge in [0.05, 0.1) is 6.54 Å². The Bertz CT molecular complexity index is 827. The van der Waals surface area contributed by atoms with Gasteiger partial charge in [0.25, 0.3) is 0 Å². The molecule has 1 heterocycles. The molecule has 25 heavy (non-hydrogen) atoms. The highest BCUT2D eigenvalue weighted by Crippen LogP contribution is 2.16. The summed E-state index contributed by atoms with van der Waals surface area (Å²) in [5.74, 6) is 0.839. The standard InChI is InChI=1S/C21H24N4/c1-2-22-21(24-14-12-20-9-5-6-13-23-20)25-16-17-10-11-18-7-3-4-8-19(18)15-17/h3-11,13,15H,2,12,14,16H2,1H3,(H2,22,24,25). The first-order valence-electron chi connectivity index (χ1n) is 8.75. The van der Waals surface area contributed by atoms with Crippen LogP contribution in [-0.2, 0) is 13.0 Å². The van der Waals surface area contributed by atoms with Crippen molar-refractivity contribution in [2.24, 2.45) is 4.99 Å². The maximum atomic E-state index is 4.70. The van der Waals surface area contributed by atoms with Crippen LogP contribution in [0.3, 0.4) is 0 Å². The second kappa shape index (κ2) is 8.83. The van der Waals surface area contributed by atoms with Gasteiger partial charge in [0.2, 0.25) is 0 Å². The van der Waals surface area contributed by atoms with Crippen LogP contribution in [0.2, 0.25) is 0 Å². The van der Waals surface area contributed by atoms with Gasteiger partial charge in [-0.1, -0.05) is 42.5 Å². The van der Waals surface area contributed by atoms with Crippen molar-refractivity contribution in [2.75, 3.05) is 13.1 Å². The Kier molecular flexibility index (Phi) is 5.99. The van der Waals surface area contributed by atoms with Gasteiger partial charge in [-0.25, -0.2) is 4.99 Å². The molecule has 0 saturated heterocycles. The molecule has 0 bridgehead atoms. The maximum Gasteiger partial charge on any atom is 0.191 e. The van der Waals surface area contributed by atoms with Gasteiger partial charge in [0.1, 0.15) is 0 Å². The molecule has 0 aliphatic heterocycles. The molecule has 3 rings (SSSR count). The molecule has 1 aromatic heterocycles. The van der Waals surface area contributed by atoms with Gasteiger partial charge < -0.3 is 10.6 Å². The van der Waals surface area contributed by atoms with Crippen LogP contribution in [0.4, 0.5) is 0 Å². The molecule has 4 nitrogen and oxygen atoms in total. The van der Waals surface area contributed by atoms with Gasteiger partial charge >= 0.3 is 0 Å². The molecule has 128 valence electrons. The number of aliphatic imine (C=N–C) groups is 1. The predicted octanol–water partition coefficient (Wildman–Crippen LogP) is 3.53. The molecular weight excluding hydrogens is 308 g/mol. The Morgan fingerprint density at radius 3 is 2.60 bits per heavy atom. The van der Waals surface area contributed by atoms with Gasteiger partial charge in [0, 0.05) is 31.4 Å². The van der Waals surface area contributed by atoms with E-state index in [9.17, 15) is 0 Å². The van der Waals surface area contributed by atoms with Gasteiger partial charge in [-0.3, -0.25) is 4.98 Å². The van der Waals surface area contributed by atoms with E-state index in [2.05, 4.69) is 65.0 Å². The van der Waals surface area contributed by atoms with E-state index < -0.39 is 0 Å². The molecule has 0 unspecified atom stereocenters. The Balaban J connectivity index is 1.60. The highest BCUT2D eigenvalue weighted by molar-refractivity contribution is 5.83. The van der Waals surface area contributed by atoms with E-state index >= 15 is 0 Å². The number of aromatic nitrogens is 1. The van der Waals surface area contributed by atoms with Gasteiger partial charge in [-0.15, -0.1) is 0 Å². The number of pyridine rings is 1. The minimum absolute atomic E-state index is 0.657. The highest BCUT2D eigenvalue weighted by atomic mass is 15.2. The summed E-state index contributed by atoms with van der Waals surface area (Å²) in [6, 6.07) is 20.9. The first kappa shape index (κ1) is 17.0. The maximum absolute atomic E-state index is 4.70. The Morgan fingerprint density at radius 1 is 0.960 bits per heavy atom. The van der Waals surface area contributed by atoms with Crippen molar-refractivity contribution in [2.45, 2.75) is 19.9 Å². The van der Waals surface area contributed by atoms with E-state index in [-0.39, 0.29) is 0 Å². The zero-order valence-electron chi connectivity index (χ0n) is 14.6. The van der Waals surface area contributed by atoms with E-state index in [1.165, 1.54) is 16.3 Å². The third-order valence-corrected chi connectivity index (χ3v) is 3.98. The van der Waals surface area contributed by atoms with E-state index in [1.807, 2.05) is 24.4 Å². The molecule has 3 aromatic rings. The molecule has 0 atom stereocenters. The third kappa shape index (κ3) is 5.05. The lowest BCUT2D eigenvalue weighted by Crippen LogP contribution is -2.38. The largest absolute Gasteiger partial charge is 0.357 e. The van der Waals surface area contributed by atoms with Gasteiger partial charge in [-0.2, -0.15) is 0 Å². The lowest BCUT2D eigenvalue weighted by Gasteiger charge is -2.11. The van der Waals surface area contributed by atoms with Crippen LogP contribution < -0.4 is 10.6 Å². The molecule has 0 aliphatic rings. The Morgan fingerprint density at radius 2 is 1.80 bits per heavy atom. The number of fused-ring (bicyclic) bond motifs is 1. The lowest BCUT2D eigenvalue weighted by atomic mass is 10.1. The van der Waals surface area contributed by atoms with Crippen molar-refractivity contribution in [1.29, 1.82) is 0 Å². The number of hydrogen-bond acceptors (Lipinski definition) is 2. The molecule has 2 aromatic carbocycles. The van der Waals surface area contributed by atoms with Crippen molar-refractivity contribution in [3.8, 4) is 0 Å². The summed E-state index contributed by atoms with van der Waals surface area (Å²) in [7, 11) is 0. The summed E-state index contributed by atoms with van der Waals surface area (Å²) in [4.78, 5) is 9.04. The first-order valence-corrected chi connectivity index (χ1v) is 8.75. The second-order valence-electron chi connectivity index (χ2n) is 5.87. The van der Waals surface area contributed by atoms with Crippen molar-refractivity contribution in [3.63, 3.8) is 0 Å². The molecule has 0 fully saturated rings. The van der Waals surface area contributed by atoms with E-state index in [0.717, 1.165) is 31.2 Å². The van der Waals surface area contributed by atoms with Crippen LogP contribution in [0, 0.1) is 0 Å². The van der Waals surface area contributed by atoms with Crippen LogP contribution in [0.1, 0.15) is 18.2 Å². The zero-order chi connectivity index (χ0) is 17.3. The normalized spacial score (nSPS) is 11.5. The third-order valence-electron chi connectivity index (χ3n) is 3.98. The minimum atomic E-state index is 0.657. The second-order valence-corrected chi connectivity index (χ2v) is 5.87. The number of hydrogen-bond donors (Lipinski definition) is 2. The average molecular weight is 332 g/mol. The summed E-state index contributed by atoms with van der Waals surface area (Å²) >= 11 is 0. The summed E-state index contributed by atoms with van der Waals surface area (Å²) in [6.07, 6.45) is 2.70. The van der Waals surface area contributed by atoms with E-state index in [4.69, 9.17) is 4.99 Å². The van der Waals surface area contributed by atoms with Crippen LogP contribution in [0.25, 0.3) is 10.8 Å². The predicted molar refractivity (Wildman–Crippen MR) is 105 cm³/mol. The number of nitrogens with zero attached hydrogens (tertiary/aromatic N) is 2. The average Bonchev–Trinajstić information content (AvgIpc) is 2.67. The molecule has 4 heteroatoms. The van der Waals surface area contributed by atoms with E-state index in [0.29, 0.717) is 6.54 Å². The van der Waals surface area contributed by atoms with Crippen molar-refractivity contribution < 1.29 is 0 Å². The number of nitrogens with one attached hydrogen (secondary N) is 2. The monoisotopic (exact) mass is 332 g/mol. The number of benzene rings is 2. The number of rotatable bonds is 6. The molecule has 2 N–H and O–H groups in total. The van der Waals surface area contributed by atoms with Gasteiger partial charge in [0.15, 0.2) is 5.96 Å². The Labute approximate surface area is 149 Å². The van der Waals surface area contributed by atoms with E-state index in [1.54, 1.807) is 0 Å². The molecule has 0 radical (unpaired) electrons. The quantitative estimate of drug-likeness (QED) is 0.536. The minimum Gasteiger partial charge on any atom is -0.357 e. The molecule has 0 amide bonds. The summed E-state index contributed by atoms with van der Waals surface area (Å²) < 4.78 is 0. The molecule has 0 saturated carbocycles. The van der Waals surface area contributed by atoms with Crippen LogP contribution >= 0.6 is 0 Å². The summed E-state index contributed by atoms with van der Waals surface area (Å²) in [5.41, 5.74) is 2.29. The molecular formula is C21H24N4. The lowest BCUT2D eigenvalue weighted by molar-refractivity contribution is 0.788. The van der Waals surface area contributed by atoms with Crippen molar-refractivity contribution in [3.05, 3.63) is 78.1 Å². The Hall–Kier alpha value is -2.88. The molecule has 0 spiro atoms. The highest BCUT2D eigenvalue weighted by Gasteiger charge is 2.00. The fraction of sp³-hybridized carbons (Fsp3) is 0.238. The van der Waals surface area contributed by atoms with Crippen LogP contribution in [0.15, 0.2) is 71.9 Å². The fourth-order valence-corrected chi connectivity index (χ4v) is 2.70. The number of guanidine groups is 1. The van der Waals surface area contributed by atoms with Crippen LogP contribution in [-0.4, -0.2) is 24.0 Å². The first-order chi connectivity index (χ1) is 12.3. The zero-order valence-corrected chi connectivity index (χ0v) is 14.6.